The van der Waals surface area contributed by atoms with Gasteiger partial charge in [-0.2, -0.15) is 0 Å². The number of para-hydroxylation sites is 1. The Morgan fingerprint density at radius 3 is 2.68 bits per heavy atom. The van der Waals surface area contributed by atoms with Gasteiger partial charge in [0.2, 0.25) is 0 Å². The van der Waals surface area contributed by atoms with Crippen LogP contribution in [0.5, 0.6) is 0 Å². The van der Waals surface area contributed by atoms with E-state index in [0.29, 0.717) is 0 Å². The molecule has 2 aliphatic rings. The van der Waals surface area contributed by atoms with Gasteiger partial charge in [-0.1, -0.05) is 45.9 Å². The number of rotatable bonds is 5. The predicted octanol–water partition coefficient (Wildman–Crippen LogP) is 4.10. The lowest BCUT2D eigenvalue weighted by molar-refractivity contribution is -0.0222. The van der Waals surface area contributed by atoms with E-state index in [9.17, 15) is 5.11 Å². The number of ether oxygens (including phenoxy) is 1. The molecule has 5 heteroatoms. The third kappa shape index (κ3) is 3.05. The number of aliphatic hydroxyl groups excluding tert-OH is 1. The summed E-state index contributed by atoms with van der Waals surface area (Å²) in [5.74, 6) is 0.195. The van der Waals surface area contributed by atoms with Crippen LogP contribution in [0.1, 0.15) is 39.7 Å². The maximum Gasteiger partial charge on any atom is 0.193 e. The average molecular weight is 364 g/mol. The summed E-state index contributed by atoms with van der Waals surface area (Å²) >= 11 is 0. The van der Waals surface area contributed by atoms with E-state index in [1.807, 2.05) is 0 Å². The highest BCUT2D eigenvalue weighted by Crippen LogP contribution is 2.55. The molecule has 0 unspecified atom stereocenters. The summed E-state index contributed by atoms with van der Waals surface area (Å²) in [5, 5.41) is 9.70. The van der Waals surface area contributed by atoms with Crippen molar-refractivity contribution in [2.45, 2.75) is 64.1 Å². The zero-order chi connectivity index (χ0) is 18.5. The number of hydrogen-bond donors (Lipinski definition) is 1. The zero-order valence-electron chi connectivity index (χ0n) is 16.5. The van der Waals surface area contributed by atoms with Crippen LogP contribution < -0.4 is 4.90 Å². The molecular weight excluding hydrogens is 330 g/mol. The number of anilines is 1. The van der Waals surface area contributed by atoms with E-state index >= 15 is 0 Å². The summed E-state index contributed by atoms with van der Waals surface area (Å²) in [6.07, 6.45) is 0.804. The van der Waals surface area contributed by atoms with Gasteiger partial charge < -0.3 is 19.2 Å². The van der Waals surface area contributed by atoms with Crippen molar-refractivity contribution in [2.75, 3.05) is 24.7 Å². The molecule has 0 saturated carbocycles. The molecule has 0 aliphatic carbocycles. The lowest BCUT2D eigenvalue weighted by atomic mass is 9.93. The Kier molecular flexibility index (Phi) is 4.82. The minimum absolute atomic E-state index is 0.0898. The average Bonchev–Trinajstić information content (AvgIpc) is 3.03. The third-order valence-corrected chi connectivity index (χ3v) is 10.7. The molecule has 25 heavy (non-hydrogen) atoms. The van der Waals surface area contributed by atoms with Crippen LogP contribution in [-0.4, -0.2) is 39.4 Å². The van der Waals surface area contributed by atoms with Gasteiger partial charge in [0, 0.05) is 30.8 Å². The van der Waals surface area contributed by atoms with Crippen molar-refractivity contribution >= 4 is 14.0 Å². The number of aliphatic hydroxyl groups is 1. The largest absolute Gasteiger partial charge is 0.403 e. The maximum absolute atomic E-state index is 9.55. The monoisotopic (exact) mass is 363 g/mol. The first-order valence-corrected chi connectivity index (χ1v) is 12.3. The van der Waals surface area contributed by atoms with Crippen molar-refractivity contribution < 1.29 is 14.3 Å². The Labute approximate surface area is 153 Å². The predicted molar refractivity (Wildman–Crippen MR) is 104 cm³/mol. The molecule has 0 spiro atoms. The Morgan fingerprint density at radius 1 is 1.36 bits per heavy atom. The van der Waals surface area contributed by atoms with Crippen molar-refractivity contribution in [3.05, 3.63) is 29.8 Å². The second-order valence-electron chi connectivity index (χ2n) is 9.18. The van der Waals surface area contributed by atoms with Crippen molar-refractivity contribution in [1.29, 1.82) is 0 Å². The van der Waals surface area contributed by atoms with Gasteiger partial charge in [-0.3, -0.25) is 0 Å². The van der Waals surface area contributed by atoms with Crippen LogP contribution in [0.2, 0.25) is 18.1 Å². The van der Waals surface area contributed by atoms with Gasteiger partial charge in [-0.15, -0.1) is 0 Å². The molecule has 140 valence electrons. The number of nitrogens with zero attached hydrogens (tertiary/aromatic N) is 1. The first kappa shape index (κ1) is 18.9. The van der Waals surface area contributed by atoms with Crippen molar-refractivity contribution in [3.63, 3.8) is 0 Å². The molecule has 2 heterocycles. The highest BCUT2D eigenvalue weighted by Gasteiger charge is 2.59. The van der Waals surface area contributed by atoms with Gasteiger partial charge in [0.05, 0.1) is 6.61 Å². The molecule has 1 fully saturated rings. The van der Waals surface area contributed by atoms with Gasteiger partial charge in [0.15, 0.2) is 14.5 Å². The molecule has 2 aliphatic heterocycles. The first-order valence-electron chi connectivity index (χ1n) is 9.41. The van der Waals surface area contributed by atoms with Crippen LogP contribution >= 0.6 is 0 Å². The van der Waals surface area contributed by atoms with Crippen molar-refractivity contribution in [2.24, 2.45) is 5.92 Å². The third-order valence-electron chi connectivity index (χ3n) is 6.16. The first-order chi connectivity index (χ1) is 11.6. The van der Waals surface area contributed by atoms with E-state index in [-0.39, 0.29) is 29.4 Å². The minimum Gasteiger partial charge on any atom is -0.403 e. The fourth-order valence-corrected chi connectivity index (χ4v) is 5.28. The fraction of sp³-hybridized carbons (Fsp3) is 0.700. The Bertz CT molecular complexity index is 628. The Morgan fingerprint density at radius 2 is 2.04 bits per heavy atom. The van der Waals surface area contributed by atoms with Crippen LogP contribution in [0, 0.1) is 5.92 Å². The van der Waals surface area contributed by atoms with E-state index in [1.54, 1.807) is 0 Å². The van der Waals surface area contributed by atoms with E-state index < -0.39 is 8.32 Å². The molecule has 0 radical (unpaired) electrons. The minimum atomic E-state index is -1.97. The summed E-state index contributed by atoms with van der Waals surface area (Å²) in [6.45, 7) is 15.2. The highest BCUT2D eigenvalue weighted by molar-refractivity contribution is 6.74. The normalized spacial score (nSPS) is 27.3. The molecule has 3 rings (SSSR count). The Hall–Kier alpha value is -0.883. The van der Waals surface area contributed by atoms with Gasteiger partial charge in [0.25, 0.3) is 0 Å². The lowest BCUT2D eigenvalue weighted by Crippen LogP contribution is -2.53. The van der Waals surface area contributed by atoms with Crippen LogP contribution in [0.15, 0.2) is 24.3 Å². The summed E-state index contributed by atoms with van der Waals surface area (Å²) in [7, 11) is -1.97. The summed E-state index contributed by atoms with van der Waals surface area (Å²) in [4.78, 5) is 2.32. The topological polar surface area (TPSA) is 41.9 Å². The molecule has 4 nitrogen and oxygen atoms in total. The zero-order valence-corrected chi connectivity index (χ0v) is 17.5. The van der Waals surface area contributed by atoms with Crippen LogP contribution in [0.4, 0.5) is 5.69 Å². The van der Waals surface area contributed by atoms with Gasteiger partial charge in [0.1, 0.15) is 5.60 Å². The molecular formula is C20H33NO3Si. The van der Waals surface area contributed by atoms with Crippen LogP contribution in [-0.2, 0) is 14.8 Å². The molecule has 1 aromatic rings. The van der Waals surface area contributed by atoms with Gasteiger partial charge in [-0.25, -0.2) is 0 Å². The number of hydrogen-bond acceptors (Lipinski definition) is 4. The van der Waals surface area contributed by atoms with Crippen molar-refractivity contribution in [1.82, 2.24) is 0 Å². The van der Waals surface area contributed by atoms with E-state index in [4.69, 9.17) is 9.16 Å². The Balaban J connectivity index is 2.03. The second-order valence-corrected chi connectivity index (χ2v) is 13.9. The summed E-state index contributed by atoms with van der Waals surface area (Å²) < 4.78 is 13.3. The second kappa shape index (κ2) is 6.37. The van der Waals surface area contributed by atoms with Crippen LogP contribution in [0.25, 0.3) is 0 Å². The van der Waals surface area contributed by atoms with Gasteiger partial charge >= 0.3 is 0 Å². The molecule has 1 aromatic carbocycles. The smallest absolute Gasteiger partial charge is 0.193 e. The molecule has 0 amide bonds. The standard InChI is InChI=1S/C20H33NO3Si/c1-15(14-22)13-21-17-10-8-7-9-16(17)20(11-12-23-18(20)21)24-25(5,6)19(2,3)4/h7-10,15,18,22H,11-14H2,1-6H3/t15-,18-,20+/m0/s1. The maximum atomic E-state index is 9.55. The molecule has 0 aromatic heterocycles. The number of benzene rings is 1. The van der Waals surface area contributed by atoms with Crippen LogP contribution in [0.3, 0.4) is 0 Å². The summed E-state index contributed by atoms with van der Waals surface area (Å²) in [5.41, 5.74) is 2.08. The van der Waals surface area contributed by atoms with Gasteiger partial charge in [-0.05, 0) is 30.1 Å². The van der Waals surface area contributed by atoms with Crippen molar-refractivity contribution in [3.8, 4) is 0 Å². The highest BCUT2D eigenvalue weighted by atomic mass is 28.4. The SMILES string of the molecule is C[C@H](CO)CN1c2ccccc2[C@]2(O[Si](C)(C)C(C)(C)C)CCO[C@H]12. The van der Waals surface area contributed by atoms with E-state index in [0.717, 1.165) is 19.6 Å². The molecule has 0 bridgehead atoms. The molecule has 1 N–H and O–H groups in total. The summed E-state index contributed by atoms with van der Waals surface area (Å²) in [6, 6.07) is 8.55. The molecule has 3 atom stereocenters. The lowest BCUT2D eigenvalue weighted by Gasteiger charge is -2.44. The quantitative estimate of drug-likeness (QED) is 0.800. The van der Waals surface area contributed by atoms with E-state index in [2.05, 4.69) is 70.0 Å². The van der Waals surface area contributed by atoms with E-state index in [1.165, 1.54) is 11.3 Å². The number of fused-ring (bicyclic) bond motifs is 3. The molecule has 1 saturated heterocycles. The fourth-order valence-electron chi connectivity index (χ4n) is 3.75.